The summed E-state index contributed by atoms with van der Waals surface area (Å²) in [7, 11) is 0. The van der Waals surface area contributed by atoms with Crippen LogP contribution in [0.2, 0.25) is 0 Å². The number of fused-ring (bicyclic) bond motifs is 9. The van der Waals surface area contributed by atoms with E-state index >= 15 is 0 Å². The molecule has 0 amide bonds. The average molecular weight is 314 g/mol. The summed E-state index contributed by atoms with van der Waals surface area (Å²) in [6, 6.07) is 15.7. The highest BCUT2D eigenvalue weighted by molar-refractivity contribution is 6.18. The first-order valence-electron chi connectivity index (χ1n) is 8.54. The molecule has 2 bridgehead atoms. The van der Waals surface area contributed by atoms with Crippen molar-refractivity contribution in [1.82, 2.24) is 0 Å². The van der Waals surface area contributed by atoms with Crippen LogP contribution < -0.4 is 0 Å². The number of ketones is 2. The fourth-order valence-corrected chi connectivity index (χ4v) is 5.32. The van der Waals surface area contributed by atoms with Crippen molar-refractivity contribution < 1.29 is 9.59 Å². The van der Waals surface area contributed by atoms with Gasteiger partial charge in [-0.3, -0.25) is 9.59 Å². The third kappa shape index (κ3) is 1.47. The van der Waals surface area contributed by atoms with Gasteiger partial charge < -0.3 is 0 Å². The Balaban J connectivity index is 1.80. The Kier molecular flexibility index (Phi) is 2.63. The van der Waals surface area contributed by atoms with Gasteiger partial charge in [-0.1, -0.05) is 59.7 Å². The number of carbonyl (C=O) groups is 2. The molecular weight excluding hydrogens is 296 g/mol. The normalized spacial score (nSPS) is 29.3. The number of Topliss-reactive ketones (excluding diaryl/α,β-unsaturated/α-hetero) is 2. The lowest BCUT2D eigenvalue weighted by molar-refractivity contribution is 0.0732. The highest BCUT2D eigenvalue weighted by atomic mass is 16.1. The van der Waals surface area contributed by atoms with Crippen molar-refractivity contribution in [3.05, 3.63) is 81.9 Å². The Bertz CT molecular complexity index is 876. The zero-order valence-corrected chi connectivity index (χ0v) is 13.7. The van der Waals surface area contributed by atoms with Gasteiger partial charge in [0.2, 0.25) is 0 Å². The lowest BCUT2D eigenvalue weighted by Gasteiger charge is -2.34. The van der Waals surface area contributed by atoms with Crippen molar-refractivity contribution in [3.63, 3.8) is 0 Å². The molecular formula is C22H18O2. The number of benzene rings is 2. The van der Waals surface area contributed by atoms with Gasteiger partial charge in [0.25, 0.3) is 0 Å². The molecule has 0 spiro atoms. The highest BCUT2D eigenvalue weighted by Crippen LogP contribution is 2.65. The summed E-state index contributed by atoms with van der Waals surface area (Å²) < 4.78 is 0. The SMILES string of the molecule is CC(C)=C1[C@@H]2c3ccccc3[C@H]1[C@H]1C(=O)c3ccccc3C(=O)[C@H]12. The van der Waals surface area contributed by atoms with Crippen molar-refractivity contribution in [2.24, 2.45) is 11.8 Å². The summed E-state index contributed by atoms with van der Waals surface area (Å²) in [6.07, 6.45) is 0. The molecule has 0 N–H and O–H groups in total. The van der Waals surface area contributed by atoms with Gasteiger partial charge in [0.05, 0.1) is 0 Å². The molecule has 2 aromatic rings. The molecule has 0 heterocycles. The van der Waals surface area contributed by atoms with Crippen LogP contribution in [0.4, 0.5) is 0 Å². The van der Waals surface area contributed by atoms with Gasteiger partial charge in [0.1, 0.15) is 0 Å². The molecule has 2 nitrogen and oxygen atoms in total. The van der Waals surface area contributed by atoms with Crippen LogP contribution in [-0.2, 0) is 0 Å². The van der Waals surface area contributed by atoms with E-state index in [1.165, 1.54) is 22.3 Å². The highest BCUT2D eigenvalue weighted by Gasteiger charge is 2.61. The van der Waals surface area contributed by atoms with E-state index in [4.69, 9.17) is 0 Å². The van der Waals surface area contributed by atoms with E-state index in [0.717, 1.165) is 0 Å². The summed E-state index contributed by atoms with van der Waals surface area (Å²) in [5, 5.41) is 0. The number of hydrogen-bond acceptors (Lipinski definition) is 2. The van der Waals surface area contributed by atoms with Gasteiger partial charge in [0.15, 0.2) is 11.6 Å². The van der Waals surface area contributed by atoms with Crippen molar-refractivity contribution in [3.8, 4) is 0 Å². The second-order valence-electron chi connectivity index (χ2n) is 7.37. The predicted octanol–water partition coefficient (Wildman–Crippen LogP) is 4.53. The monoisotopic (exact) mass is 314 g/mol. The van der Waals surface area contributed by atoms with E-state index in [-0.39, 0.29) is 35.2 Å². The fraction of sp³-hybridized carbons (Fsp3) is 0.273. The van der Waals surface area contributed by atoms with Gasteiger partial charge in [-0.05, 0) is 25.0 Å². The van der Waals surface area contributed by atoms with Crippen molar-refractivity contribution in [2.45, 2.75) is 25.7 Å². The molecule has 0 aliphatic heterocycles. The standard InChI is InChI=1S/C22H18O2/c1-11(2)16-17-12-7-3-4-8-13(12)18(16)20-19(17)21(23)14-9-5-6-10-15(14)22(20)24/h3-10,17-20H,1-2H3/t17-,18+,19-,20+. The van der Waals surface area contributed by atoms with Crippen LogP contribution in [-0.4, -0.2) is 11.6 Å². The number of allylic oxidation sites excluding steroid dienone is 2. The van der Waals surface area contributed by atoms with E-state index in [1.54, 1.807) is 0 Å². The van der Waals surface area contributed by atoms with Gasteiger partial charge >= 0.3 is 0 Å². The molecule has 0 saturated heterocycles. The third-order valence-electron chi connectivity index (χ3n) is 6.08. The molecule has 4 atom stereocenters. The maximum atomic E-state index is 13.2. The Hall–Kier alpha value is -2.48. The molecule has 118 valence electrons. The van der Waals surface area contributed by atoms with Crippen LogP contribution in [0.3, 0.4) is 0 Å². The number of carbonyl (C=O) groups excluding carboxylic acids is 2. The van der Waals surface area contributed by atoms with E-state index in [9.17, 15) is 9.59 Å². The average Bonchev–Trinajstić information content (AvgIpc) is 3.12. The molecule has 0 unspecified atom stereocenters. The van der Waals surface area contributed by atoms with Gasteiger partial charge in [-0.25, -0.2) is 0 Å². The third-order valence-corrected chi connectivity index (χ3v) is 6.08. The van der Waals surface area contributed by atoms with E-state index in [1.807, 2.05) is 36.4 Å². The zero-order valence-electron chi connectivity index (χ0n) is 13.7. The smallest absolute Gasteiger partial charge is 0.168 e. The van der Waals surface area contributed by atoms with E-state index in [0.29, 0.717) is 11.1 Å². The molecule has 0 radical (unpaired) electrons. The maximum absolute atomic E-state index is 13.2. The Morgan fingerprint density at radius 2 is 1.12 bits per heavy atom. The number of rotatable bonds is 0. The largest absolute Gasteiger partial charge is 0.294 e. The molecule has 1 saturated carbocycles. The van der Waals surface area contributed by atoms with Gasteiger partial charge in [-0.15, -0.1) is 0 Å². The minimum absolute atomic E-state index is 0.0750. The van der Waals surface area contributed by atoms with Crippen LogP contribution in [0.15, 0.2) is 59.7 Å². The Morgan fingerprint density at radius 1 is 0.708 bits per heavy atom. The molecule has 3 aliphatic carbocycles. The second kappa shape index (κ2) is 4.54. The van der Waals surface area contributed by atoms with Crippen LogP contribution >= 0.6 is 0 Å². The minimum atomic E-state index is -0.225. The summed E-state index contributed by atoms with van der Waals surface area (Å²) in [6.45, 7) is 4.22. The first kappa shape index (κ1) is 13.9. The molecule has 2 aromatic carbocycles. The second-order valence-corrected chi connectivity index (χ2v) is 7.37. The van der Waals surface area contributed by atoms with Crippen LogP contribution in [0.1, 0.15) is 57.5 Å². The minimum Gasteiger partial charge on any atom is -0.294 e. The van der Waals surface area contributed by atoms with Gasteiger partial charge in [-0.2, -0.15) is 0 Å². The van der Waals surface area contributed by atoms with Crippen LogP contribution in [0.5, 0.6) is 0 Å². The van der Waals surface area contributed by atoms with Crippen molar-refractivity contribution >= 4 is 11.6 Å². The predicted molar refractivity (Wildman–Crippen MR) is 92.4 cm³/mol. The Labute approximate surface area is 141 Å². The quantitative estimate of drug-likeness (QED) is 0.670. The van der Waals surface area contributed by atoms with E-state index < -0.39 is 0 Å². The van der Waals surface area contributed by atoms with E-state index in [2.05, 4.69) is 26.0 Å². The summed E-state index contributed by atoms with van der Waals surface area (Å²) in [4.78, 5) is 26.5. The van der Waals surface area contributed by atoms with Crippen LogP contribution in [0, 0.1) is 11.8 Å². The van der Waals surface area contributed by atoms with Crippen molar-refractivity contribution in [1.29, 1.82) is 0 Å². The number of hydrogen-bond donors (Lipinski definition) is 0. The molecule has 24 heavy (non-hydrogen) atoms. The summed E-state index contributed by atoms with van der Waals surface area (Å²) in [5.74, 6) is -0.00156. The topological polar surface area (TPSA) is 34.1 Å². The zero-order chi connectivity index (χ0) is 16.6. The van der Waals surface area contributed by atoms with Crippen LogP contribution in [0.25, 0.3) is 0 Å². The first-order chi connectivity index (χ1) is 11.6. The lowest BCUT2D eigenvalue weighted by atomic mass is 9.66. The maximum Gasteiger partial charge on any atom is 0.168 e. The molecule has 5 rings (SSSR count). The molecule has 2 heteroatoms. The Morgan fingerprint density at radius 3 is 1.54 bits per heavy atom. The van der Waals surface area contributed by atoms with Gasteiger partial charge in [0, 0.05) is 34.8 Å². The summed E-state index contributed by atoms with van der Waals surface area (Å²) >= 11 is 0. The van der Waals surface area contributed by atoms with Crippen molar-refractivity contribution in [2.75, 3.05) is 0 Å². The molecule has 1 fully saturated rings. The molecule has 3 aliphatic rings. The fourth-order valence-electron chi connectivity index (χ4n) is 5.32. The lowest BCUT2D eigenvalue weighted by Crippen LogP contribution is -2.39. The molecule has 0 aromatic heterocycles. The summed E-state index contributed by atoms with van der Waals surface area (Å²) in [5.41, 5.74) is 6.28. The first-order valence-corrected chi connectivity index (χ1v) is 8.54.